The Kier molecular flexibility index (Phi) is 2.45. The van der Waals surface area contributed by atoms with E-state index < -0.39 is 0 Å². The van der Waals surface area contributed by atoms with Gasteiger partial charge in [0.2, 0.25) is 0 Å². The second-order valence-electron chi connectivity index (χ2n) is 3.21. The predicted octanol–water partition coefficient (Wildman–Crippen LogP) is 0.793. The lowest BCUT2D eigenvalue weighted by atomic mass is 10.3. The summed E-state index contributed by atoms with van der Waals surface area (Å²) in [5.74, 6) is 0.884. The van der Waals surface area contributed by atoms with E-state index in [0.717, 1.165) is 30.0 Å². The van der Waals surface area contributed by atoms with Gasteiger partial charge in [-0.05, 0) is 18.7 Å². The van der Waals surface area contributed by atoms with Crippen molar-refractivity contribution < 1.29 is 0 Å². The van der Waals surface area contributed by atoms with Gasteiger partial charge in [0, 0.05) is 18.5 Å². The van der Waals surface area contributed by atoms with Gasteiger partial charge in [-0.25, -0.2) is 9.50 Å². The first-order valence-corrected chi connectivity index (χ1v) is 4.88. The van der Waals surface area contributed by atoms with Crippen LogP contribution in [-0.2, 0) is 12.8 Å². The molecule has 14 heavy (non-hydrogen) atoms. The number of nitrogens with zero attached hydrogens (tertiary/aromatic N) is 3. The van der Waals surface area contributed by atoms with Crippen LogP contribution < -0.4 is 5.73 Å². The maximum Gasteiger partial charge on any atom is 0.155 e. The number of nitrogens with two attached hydrogens (primary N) is 1. The molecule has 0 aliphatic carbocycles. The Labute approximate surface area is 82.8 Å². The first-order valence-electron chi connectivity index (χ1n) is 4.88. The summed E-state index contributed by atoms with van der Waals surface area (Å²) in [6.07, 6.45) is 1.70. The van der Waals surface area contributed by atoms with Crippen LogP contribution in [0.4, 0.5) is 0 Å². The number of aromatic nitrogens is 3. The van der Waals surface area contributed by atoms with Gasteiger partial charge in [-0.3, -0.25) is 0 Å². The Morgan fingerprint density at radius 1 is 1.43 bits per heavy atom. The first-order chi connectivity index (χ1) is 6.85. The standard InChI is InChI=1S/C10H14N4/c1-2-9-12-10-5-3-4-8(6-7-11)14(10)13-9/h3-5H,2,6-7,11H2,1H3. The number of rotatable bonds is 3. The highest BCUT2D eigenvalue weighted by Crippen LogP contribution is 2.06. The first kappa shape index (κ1) is 9.15. The average molecular weight is 190 g/mol. The van der Waals surface area contributed by atoms with E-state index >= 15 is 0 Å². The van der Waals surface area contributed by atoms with Crippen LogP contribution >= 0.6 is 0 Å². The molecule has 0 unspecified atom stereocenters. The molecule has 0 saturated heterocycles. The molecule has 0 aliphatic heterocycles. The summed E-state index contributed by atoms with van der Waals surface area (Å²) in [7, 11) is 0. The van der Waals surface area contributed by atoms with Crippen molar-refractivity contribution in [3.8, 4) is 0 Å². The third-order valence-corrected chi connectivity index (χ3v) is 2.20. The zero-order chi connectivity index (χ0) is 9.97. The van der Waals surface area contributed by atoms with Gasteiger partial charge in [0.1, 0.15) is 0 Å². The summed E-state index contributed by atoms with van der Waals surface area (Å²) in [6, 6.07) is 5.99. The van der Waals surface area contributed by atoms with E-state index in [1.807, 2.05) is 22.7 Å². The molecule has 4 heteroatoms. The minimum absolute atomic E-state index is 0.639. The molecule has 0 aromatic carbocycles. The van der Waals surface area contributed by atoms with Crippen LogP contribution in [0.2, 0.25) is 0 Å². The summed E-state index contributed by atoms with van der Waals surface area (Å²) in [5.41, 5.74) is 7.56. The van der Waals surface area contributed by atoms with E-state index in [1.54, 1.807) is 0 Å². The molecule has 0 atom stereocenters. The van der Waals surface area contributed by atoms with Crippen molar-refractivity contribution >= 4 is 5.65 Å². The minimum Gasteiger partial charge on any atom is -0.330 e. The zero-order valence-corrected chi connectivity index (χ0v) is 8.27. The van der Waals surface area contributed by atoms with Crippen molar-refractivity contribution in [2.75, 3.05) is 6.54 Å². The van der Waals surface area contributed by atoms with Gasteiger partial charge in [0.15, 0.2) is 11.5 Å². The molecule has 2 rings (SSSR count). The molecular weight excluding hydrogens is 176 g/mol. The summed E-state index contributed by atoms with van der Waals surface area (Å²) < 4.78 is 1.88. The lowest BCUT2D eigenvalue weighted by Gasteiger charge is -2.00. The highest BCUT2D eigenvalue weighted by atomic mass is 15.3. The van der Waals surface area contributed by atoms with Crippen LogP contribution in [0.3, 0.4) is 0 Å². The molecule has 0 aliphatic rings. The summed E-state index contributed by atoms with van der Waals surface area (Å²) >= 11 is 0. The van der Waals surface area contributed by atoms with Crippen molar-refractivity contribution in [2.24, 2.45) is 5.73 Å². The highest BCUT2D eigenvalue weighted by Gasteiger charge is 2.04. The molecule has 4 nitrogen and oxygen atoms in total. The Bertz CT molecular complexity index is 433. The van der Waals surface area contributed by atoms with Gasteiger partial charge in [-0.2, -0.15) is 5.10 Å². The fraction of sp³-hybridized carbons (Fsp3) is 0.400. The quantitative estimate of drug-likeness (QED) is 0.778. The maximum absolute atomic E-state index is 5.53. The molecule has 0 amide bonds. The lowest BCUT2D eigenvalue weighted by molar-refractivity contribution is 0.806. The number of hydrogen-bond acceptors (Lipinski definition) is 3. The molecule has 0 fully saturated rings. The van der Waals surface area contributed by atoms with Crippen LogP contribution in [-0.4, -0.2) is 21.1 Å². The van der Waals surface area contributed by atoms with E-state index in [1.165, 1.54) is 0 Å². The third kappa shape index (κ3) is 1.48. The van der Waals surface area contributed by atoms with Gasteiger partial charge in [-0.1, -0.05) is 13.0 Å². The van der Waals surface area contributed by atoms with Gasteiger partial charge in [0.25, 0.3) is 0 Å². The minimum atomic E-state index is 0.639. The van der Waals surface area contributed by atoms with Crippen molar-refractivity contribution in [3.63, 3.8) is 0 Å². The number of hydrogen-bond donors (Lipinski definition) is 1. The molecule has 2 aromatic heterocycles. The van der Waals surface area contributed by atoms with Crippen molar-refractivity contribution in [3.05, 3.63) is 29.7 Å². The smallest absolute Gasteiger partial charge is 0.155 e. The molecule has 0 spiro atoms. The van der Waals surface area contributed by atoms with E-state index in [2.05, 4.69) is 17.0 Å². The van der Waals surface area contributed by atoms with Crippen molar-refractivity contribution in [1.82, 2.24) is 14.6 Å². The second-order valence-corrected chi connectivity index (χ2v) is 3.21. The summed E-state index contributed by atoms with van der Waals surface area (Å²) in [5, 5.41) is 4.40. The molecule has 74 valence electrons. The highest BCUT2D eigenvalue weighted by molar-refractivity contribution is 5.38. The molecule has 2 N–H and O–H groups in total. The third-order valence-electron chi connectivity index (χ3n) is 2.20. The van der Waals surface area contributed by atoms with Crippen LogP contribution in [0, 0.1) is 0 Å². The second kappa shape index (κ2) is 3.75. The molecule has 2 heterocycles. The van der Waals surface area contributed by atoms with Crippen LogP contribution in [0.15, 0.2) is 18.2 Å². The largest absolute Gasteiger partial charge is 0.330 e. The van der Waals surface area contributed by atoms with E-state index in [9.17, 15) is 0 Å². The number of aryl methyl sites for hydroxylation is 1. The van der Waals surface area contributed by atoms with Crippen molar-refractivity contribution in [1.29, 1.82) is 0 Å². The predicted molar refractivity (Wildman–Crippen MR) is 55.1 cm³/mol. The summed E-state index contributed by atoms with van der Waals surface area (Å²) in [6.45, 7) is 2.69. The van der Waals surface area contributed by atoms with Gasteiger partial charge < -0.3 is 5.73 Å². The van der Waals surface area contributed by atoms with Crippen LogP contribution in [0.25, 0.3) is 5.65 Å². The SMILES string of the molecule is CCc1nc2cccc(CCN)n2n1. The Balaban J connectivity index is 2.55. The van der Waals surface area contributed by atoms with E-state index in [-0.39, 0.29) is 0 Å². The van der Waals surface area contributed by atoms with Gasteiger partial charge in [-0.15, -0.1) is 0 Å². The summed E-state index contributed by atoms with van der Waals surface area (Å²) in [4.78, 5) is 4.39. The lowest BCUT2D eigenvalue weighted by Crippen LogP contribution is -2.07. The fourth-order valence-electron chi connectivity index (χ4n) is 1.49. The Morgan fingerprint density at radius 3 is 3.00 bits per heavy atom. The topological polar surface area (TPSA) is 56.2 Å². The maximum atomic E-state index is 5.53. The van der Waals surface area contributed by atoms with E-state index in [4.69, 9.17) is 5.73 Å². The Morgan fingerprint density at radius 2 is 2.29 bits per heavy atom. The van der Waals surface area contributed by atoms with Gasteiger partial charge >= 0.3 is 0 Å². The molecule has 0 bridgehead atoms. The van der Waals surface area contributed by atoms with E-state index in [0.29, 0.717) is 6.54 Å². The van der Waals surface area contributed by atoms with Crippen LogP contribution in [0.5, 0.6) is 0 Å². The number of pyridine rings is 1. The number of fused-ring (bicyclic) bond motifs is 1. The average Bonchev–Trinajstić information content (AvgIpc) is 2.62. The Hall–Kier alpha value is -1.42. The van der Waals surface area contributed by atoms with Crippen LogP contribution in [0.1, 0.15) is 18.4 Å². The molecular formula is C10H14N4. The zero-order valence-electron chi connectivity index (χ0n) is 8.27. The normalized spacial score (nSPS) is 11.0. The monoisotopic (exact) mass is 190 g/mol. The van der Waals surface area contributed by atoms with Gasteiger partial charge in [0.05, 0.1) is 0 Å². The molecule has 0 saturated carbocycles. The fourth-order valence-corrected chi connectivity index (χ4v) is 1.49. The van der Waals surface area contributed by atoms with Crippen molar-refractivity contribution in [2.45, 2.75) is 19.8 Å². The molecule has 2 aromatic rings. The molecule has 0 radical (unpaired) electrons.